The lowest BCUT2D eigenvalue weighted by molar-refractivity contribution is 0.289. The van der Waals surface area contributed by atoms with Crippen molar-refractivity contribution in [2.24, 2.45) is 7.05 Å². The maximum Gasteiger partial charge on any atom is 0.159 e. The summed E-state index contributed by atoms with van der Waals surface area (Å²) < 4.78 is 5.77. The Morgan fingerprint density at radius 3 is 2.63 bits per heavy atom. The van der Waals surface area contributed by atoms with E-state index < -0.39 is 0 Å². The zero-order valence-electron chi connectivity index (χ0n) is 15.7. The van der Waals surface area contributed by atoms with Gasteiger partial charge in [0.2, 0.25) is 0 Å². The second kappa shape index (κ2) is 5.94. The van der Waals surface area contributed by atoms with E-state index in [4.69, 9.17) is 10.1 Å². The Balaban J connectivity index is 1.72. The number of nitrogens with zero attached hydrogens (tertiary/aromatic N) is 8. The second-order valence-electron chi connectivity index (χ2n) is 7.36. The van der Waals surface area contributed by atoms with Crippen LogP contribution in [-0.4, -0.2) is 48.3 Å². The number of hydrogen-bond acceptors (Lipinski definition) is 5. The monoisotopic (exact) mass is 362 g/mol. The van der Waals surface area contributed by atoms with Crippen LogP contribution in [0.5, 0.6) is 0 Å². The van der Waals surface area contributed by atoms with Gasteiger partial charge in [0.15, 0.2) is 5.82 Å². The van der Waals surface area contributed by atoms with Crippen molar-refractivity contribution in [3.8, 4) is 22.5 Å². The van der Waals surface area contributed by atoms with Crippen LogP contribution >= 0.6 is 0 Å². The van der Waals surface area contributed by atoms with Gasteiger partial charge in [0.25, 0.3) is 0 Å². The van der Waals surface area contributed by atoms with E-state index in [1.54, 1.807) is 10.9 Å². The molecule has 4 aromatic rings. The Kier molecular flexibility index (Phi) is 3.53. The van der Waals surface area contributed by atoms with E-state index in [0.717, 1.165) is 33.8 Å². The van der Waals surface area contributed by atoms with Crippen LogP contribution in [0.25, 0.3) is 28.0 Å². The number of aromatic nitrogens is 7. The average Bonchev–Trinajstić information content (AvgIpc) is 3.30. The van der Waals surface area contributed by atoms with E-state index in [0.29, 0.717) is 6.04 Å². The zero-order valence-corrected chi connectivity index (χ0v) is 15.7. The van der Waals surface area contributed by atoms with E-state index in [-0.39, 0.29) is 0 Å². The Labute approximate surface area is 157 Å². The molecule has 1 fully saturated rings. The minimum Gasteiger partial charge on any atom is -0.361 e. The van der Waals surface area contributed by atoms with E-state index >= 15 is 0 Å². The van der Waals surface area contributed by atoms with Crippen molar-refractivity contribution in [3.63, 3.8) is 0 Å². The molecule has 0 bridgehead atoms. The van der Waals surface area contributed by atoms with Gasteiger partial charge in [-0.05, 0) is 25.3 Å². The lowest BCUT2D eigenvalue weighted by Gasteiger charge is -2.25. The van der Waals surface area contributed by atoms with Gasteiger partial charge in [0, 0.05) is 39.1 Å². The van der Waals surface area contributed by atoms with Gasteiger partial charge in [-0.15, -0.1) is 0 Å². The van der Waals surface area contributed by atoms with E-state index in [1.807, 2.05) is 50.3 Å². The van der Waals surface area contributed by atoms with Crippen LogP contribution in [0.15, 0.2) is 37.1 Å². The fourth-order valence-corrected chi connectivity index (χ4v) is 3.54. The highest BCUT2D eigenvalue weighted by molar-refractivity contribution is 5.84. The van der Waals surface area contributed by atoms with Gasteiger partial charge in [0.05, 0.1) is 41.4 Å². The van der Waals surface area contributed by atoms with Gasteiger partial charge in [-0.1, -0.05) is 0 Å². The summed E-state index contributed by atoms with van der Waals surface area (Å²) in [5, 5.41) is 13.6. The lowest BCUT2D eigenvalue weighted by Crippen LogP contribution is -2.18. The summed E-state index contributed by atoms with van der Waals surface area (Å²) in [6, 6.07) is 2.50. The summed E-state index contributed by atoms with van der Waals surface area (Å²) in [5.41, 5.74) is 4.70. The third-order valence-electron chi connectivity index (χ3n) is 5.23. The summed E-state index contributed by atoms with van der Waals surface area (Å²) in [7, 11) is 5.95. The Hall–Kier alpha value is -3.16. The molecule has 27 heavy (non-hydrogen) atoms. The molecule has 4 heterocycles. The van der Waals surface area contributed by atoms with Gasteiger partial charge in [0.1, 0.15) is 5.69 Å². The first-order valence-corrected chi connectivity index (χ1v) is 9.20. The molecule has 5 rings (SSSR count). The van der Waals surface area contributed by atoms with Crippen molar-refractivity contribution in [1.82, 2.24) is 34.2 Å². The highest BCUT2D eigenvalue weighted by atomic mass is 15.4. The third kappa shape index (κ3) is 2.59. The fraction of sp³-hybridized carbons (Fsp3) is 0.368. The highest BCUT2D eigenvalue weighted by Gasteiger charge is 2.25. The molecule has 0 spiro atoms. The smallest absolute Gasteiger partial charge is 0.159 e. The number of rotatable bonds is 4. The normalized spacial score (nSPS) is 14.6. The number of hydrogen-bond donors (Lipinski definition) is 0. The van der Waals surface area contributed by atoms with Crippen LogP contribution in [0.1, 0.15) is 25.3 Å². The molecule has 0 saturated heterocycles. The fourth-order valence-electron chi connectivity index (χ4n) is 3.54. The van der Waals surface area contributed by atoms with Crippen LogP contribution in [0.2, 0.25) is 0 Å². The molecule has 1 aliphatic carbocycles. The molecule has 1 aliphatic rings. The molecule has 0 N–H and O–H groups in total. The molecule has 0 aliphatic heterocycles. The van der Waals surface area contributed by atoms with Crippen molar-refractivity contribution >= 4 is 11.3 Å². The van der Waals surface area contributed by atoms with Crippen LogP contribution in [-0.2, 0) is 7.05 Å². The molecule has 0 atom stereocenters. The number of aryl methyl sites for hydroxylation is 1. The van der Waals surface area contributed by atoms with Crippen molar-refractivity contribution in [1.29, 1.82) is 0 Å². The van der Waals surface area contributed by atoms with Crippen molar-refractivity contribution in [2.75, 3.05) is 19.0 Å². The van der Waals surface area contributed by atoms with Gasteiger partial charge >= 0.3 is 0 Å². The van der Waals surface area contributed by atoms with Crippen LogP contribution in [0, 0.1) is 0 Å². The number of fused-ring (bicyclic) bond motifs is 1. The predicted molar refractivity (Wildman–Crippen MR) is 104 cm³/mol. The summed E-state index contributed by atoms with van der Waals surface area (Å²) in [4.78, 5) is 7.04. The first-order valence-electron chi connectivity index (χ1n) is 9.20. The summed E-state index contributed by atoms with van der Waals surface area (Å²) in [6.45, 7) is 0. The van der Waals surface area contributed by atoms with Crippen molar-refractivity contribution in [2.45, 2.75) is 25.3 Å². The lowest BCUT2D eigenvalue weighted by atomic mass is 9.93. The highest BCUT2D eigenvalue weighted by Crippen LogP contribution is 2.37. The van der Waals surface area contributed by atoms with Crippen molar-refractivity contribution in [3.05, 3.63) is 37.1 Å². The van der Waals surface area contributed by atoms with E-state index in [9.17, 15) is 0 Å². The average molecular weight is 362 g/mol. The first-order chi connectivity index (χ1) is 13.1. The summed E-state index contributed by atoms with van der Waals surface area (Å²) in [5.74, 6) is 0.931. The minimum atomic E-state index is 0.500. The van der Waals surface area contributed by atoms with Gasteiger partial charge in [-0.25, -0.2) is 9.50 Å². The van der Waals surface area contributed by atoms with Gasteiger partial charge < -0.3 is 4.90 Å². The molecule has 8 heteroatoms. The molecule has 0 radical (unpaired) electrons. The van der Waals surface area contributed by atoms with E-state index in [2.05, 4.69) is 26.0 Å². The third-order valence-corrected chi connectivity index (χ3v) is 5.23. The summed E-state index contributed by atoms with van der Waals surface area (Å²) in [6.07, 6.45) is 13.3. The topological polar surface area (TPSA) is 69.1 Å². The van der Waals surface area contributed by atoms with Crippen LogP contribution in [0.4, 0.5) is 5.82 Å². The predicted octanol–water partition coefficient (Wildman–Crippen LogP) is 2.78. The molecular formula is C19H22N8. The maximum atomic E-state index is 4.99. The zero-order chi connectivity index (χ0) is 18.5. The molecule has 0 aromatic carbocycles. The molecular weight excluding hydrogens is 340 g/mol. The summed E-state index contributed by atoms with van der Waals surface area (Å²) >= 11 is 0. The van der Waals surface area contributed by atoms with Gasteiger partial charge in [-0.2, -0.15) is 15.3 Å². The molecule has 0 unspecified atom stereocenters. The Morgan fingerprint density at radius 1 is 1.11 bits per heavy atom. The quantitative estimate of drug-likeness (QED) is 0.558. The largest absolute Gasteiger partial charge is 0.361 e. The Bertz CT molecular complexity index is 1110. The molecule has 138 valence electrons. The van der Waals surface area contributed by atoms with E-state index in [1.165, 1.54) is 19.3 Å². The second-order valence-corrected chi connectivity index (χ2v) is 7.36. The van der Waals surface area contributed by atoms with Crippen LogP contribution < -0.4 is 4.90 Å². The van der Waals surface area contributed by atoms with Gasteiger partial charge in [-0.3, -0.25) is 9.36 Å². The van der Waals surface area contributed by atoms with Crippen LogP contribution in [0.3, 0.4) is 0 Å². The minimum absolute atomic E-state index is 0.500. The standard InChI is InChI=1S/C19H22N8/c1-24(2)19-15(11-26(23-19)14-5-4-6-14)18-17-7-8-20-27(17)12-16(22-18)13-9-21-25(3)10-13/h7-12,14H,4-6H2,1-3H3. The van der Waals surface area contributed by atoms with Crippen molar-refractivity contribution < 1.29 is 0 Å². The SMILES string of the molecule is CN(C)c1nn(C2CCC2)cc1-c1nc(-c2cnn(C)c2)cn2nccc12. The molecule has 4 aromatic heterocycles. The molecule has 1 saturated carbocycles. The molecule has 8 nitrogen and oxygen atoms in total. The maximum absolute atomic E-state index is 4.99. The Morgan fingerprint density at radius 2 is 1.96 bits per heavy atom. The first kappa shape index (κ1) is 16.0. The number of anilines is 1. The molecule has 0 amide bonds.